The molecule has 0 aromatic rings. The quantitative estimate of drug-likeness (QED) is 0.478. The molecule has 12 heavy (non-hydrogen) atoms. The van der Waals surface area contributed by atoms with E-state index in [-0.39, 0.29) is 0 Å². The third-order valence-electron chi connectivity index (χ3n) is 0.994. The van der Waals surface area contributed by atoms with Crippen molar-refractivity contribution in [2.45, 2.75) is 6.42 Å². The van der Waals surface area contributed by atoms with Gasteiger partial charge in [-0.05, 0) is 25.4 Å². The van der Waals surface area contributed by atoms with Crippen LogP contribution >= 0.6 is 22.6 Å². The van der Waals surface area contributed by atoms with Crippen LogP contribution in [-0.4, -0.2) is 43.2 Å². The Hall–Kier alpha value is -0.0400. The maximum atomic E-state index is 10.0. The molecule has 0 rings (SSSR count). The number of carbonyl (C=O) groups excluding carboxylic acids is 1. The van der Waals surface area contributed by atoms with Gasteiger partial charge in [0.25, 0.3) is 0 Å². The zero-order chi connectivity index (χ0) is 9.98. The standard InChI is InChI=1S/C6H14N2O2.CH3I/c1-8(2)4-3-5-10-6(7)9;1-2/h3-5H2,1-2H3,(H2,7,9);1H3. The molecule has 1 amide bonds. The van der Waals surface area contributed by atoms with Gasteiger partial charge in [0.1, 0.15) is 0 Å². The second-order valence-corrected chi connectivity index (χ2v) is 2.32. The Morgan fingerprint density at radius 3 is 2.33 bits per heavy atom. The number of ether oxygens (including phenoxy) is 1. The zero-order valence-corrected chi connectivity index (χ0v) is 10.00. The van der Waals surface area contributed by atoms with Crippen LogP contribution in [0.4, 0.5) is 4.79 Å². The number of primary amides is 1. The minimum atomic E-state index is -0.696. The SMILES string of the molecule is CI.CN(C)CCCOC(N)=O. The van der Waals surface area contributed by atoms with Crippen LogP contribution in [0.15, 0.2) is 0 Å². The number of nitrogens with two attached hydrogens (primary N) is 1. The first kappa shape index (κ1) is 14.5. The molecule has 0 radical (unpaired) electrons. The van der Waals surface area contributed by atoms with Crippen molar-refractivity contribution >= 4 is 28.7 Å². The van der Waals surface area contributed by atoms with Crippen molar-refractivity contribution in [1.29, 1.82) is 0 Å². The molecule has 0 aromatic heterocycles. The Bertz CT molecular complexity index is 110. The van der Waals surface area contributed by atoms with E-state index in [1.165, 1.54) is 0 Å². The third-order valence-corrected chi connectivity index (χ3v) is 0.994. The Morgan fingerprint density at radius 1 is 1.50 bits per heavy atom. The zero-order valence-electron chi connectivity index (χ0n) is 7.84. The third kappa shape index (κ3) is 16.5. The highest BCUT2D eigenvalue weighted by atomic mass is 127. The first-order chi connectivity index (χ1) is 5.63. The lowest BCUT2D eigenvalue weighted by Gasteiger charge is -2.07. The van der Waals surface area contributed by atoms with Gasteiger partial charge < -0.3 is 15.4 Å². The minimum absolute atomic E-state index is 0.410. The van der Waals surface area contributed by atoms with Crippen molar-refractivity contribution in [2.75, 3.05) is 32.2 Å². The predicted octanol–water partition coefficient (Wildman–Crippen LogP) is 1.08. The first-order valence-electron chi connectivity index (χ1n) is 3.57. The lowest BCUT2D eigenvalue weighted by Crippen LogP contribution is -2.18. The minimum Gasteiger partial charge on any atom is -0.450 e. The lowest BCUT2D eigenvalue weighted by atomic mass is 10.4. The molecule has 2 N–H and O–H groups in total. The van der Waals surface area contributed by atoms with Crippen LogP contribution in [0.5, 0.6) is 0 Å². The molecular weight excluding hydrogens is 271 g/mol. The van der Waals surface area contributed by atoms with Gasteiger partial charge in [-0.15, -0.1) is 0 Å². The number of nitrogens with zero attached hydrogens (tertiary/aromatic N) is 1. The molecule has 0 fully saturated rings. The van der Waals surface area contributed by atoms with Gasteiger partial charge in [-0.2, -0.15) is 0 Å². The maximum Gasteiger partial charge on any atom is 0.404 e. The summed E-state index contributed by atoms with van der Waals surface area (Å²) < 4.78 is 4.50. The van der Waals surface area contributed by atoms with E-state index in [0.717, 1.165) is 13.0 Å². The molecule has 0 aliphatic rings. The van der Waals surface area contributed by atoms with Gasteiger partial charge in [0.05, 0.1) is 6.61 Å². The second-order valence-electron chi connectivity index (χ2n) is 2.32. The summed E-state index contributed by atoms with van der Waals surface area (Å²) in [5.74, 6) is 0. The van der Waals surface area contributed by atoms with Crippen LogP contribution in [-0.2, 0) is 4.74 Å². The fourth-order valence-corrected chi connectivity index (χ4v) is 0.554. The molecule has 0 bridgehead atoms. The van der Waals surface area contributed by atoms with Gasteiger partial charge in [-0.25, -0.2) is 4.79 Å². The molecule has 0 saturated heterocycles. The van der Waals surface area contributed by atoms with Gasteiger partial charge in [0.15, 0.2) is 0 Å². The van der Waals surface area contributed by atoms with Crippen molar-refractivity contribution < 1.29 is 9.53 Å². The predicted molar refractivity (Wildman–Crippen MR) is 58.7 cm³/mol. The number of alkyl halides is 1. The molecule has 4 nitrogen and oxygen atoms in total. The number of carbonyl (C=O) groups is 1. The average molecular weight is 288 g/mol. The molecule has 0 saturated carbocycles. The highest BCUT2D eigenvalue weighted by Gasteiger charge is 1.93. The van der Waals surface area contributed by atoms with Crippen molar-refractivity contribution in [3.8, 4) is 0 Å². The highest BCUT2D eigenvalue weighted by Crippen LogP contribution is 1.84. The largest absolute Gasteiger partial charge is 0.450 e. The lowest BCUT2D eigenvalue weighted by molar-refractivity contribution is 0.152. The number of hydrogen-bond acceptors (Lipinski definition) is 3. The molecule has 0 unspecified atom stereocenters. The number of rotatable bonds is 4. The van der Waals surface area contributed by atoms with Crippen LogP contribution in [0, 0.1) is 0 Å². The summed E-state index contributed by atoms with van der Waals surface area (Å²) in [7, 11) is 3.93. The van der Waals surface area contributed by atoms with Crippen molar-refractivity contribution in [3.05, 3.63) is 0 Å². The van der Waals surface area contributed by atoms with E-state index in [2.05, 4.69) is 27.3 Å². The van der Waals surface area contributed by atoms with E-state index in [1.807, 2.05) is 23.9 Å². The molecule has 74 valence electrons. The first-order valence-corrected chi connectivity index (χ1v) is 5.73. The Morgan fingerprint density at radius 2 is 2.00 bits per heavy atom. The van der Waals surface area contributed by atoms with Crippen LogP contribution < -0.4 is 5.73 Å². The van der Waals surface area contributed by atoms with Gasteiger partial charge in [0.2, 0.25) is 0 Å². The van der Waals surface area contributed by atoms with E-state index < -0.39 is 6.09 Å². The van der Waals surface area contributed by atoms with Crippen molar-refractivity contribution in [3.63, 3.8) is 0 Å². The number of halogens is 1. The number of amides is 1. The highest BCUT2D eigenvalue weighted by molar-refractivity contribution is 14.1. The average Bonchev–Trinajstić information content (AvgIpc) is 2.02. The van der Waals surface area contributed by atoms with Crippen LogP contribution in [0.25, 0.3) is 0 Å². The fraction of sp³-hybridized carbons (Fsp3) is 0.857. The summed E-state index contributed by atoms with van der Waals surface area (Å²) in [6, 6.07) is 0. The van der Waals surface area contributed by atoms with Gasteiger partial charge in [-0.1, -0.05) is 22.6 Å². The second kappa shape index (κ2) is 11.0. The van der Waals surface area contributed by atoms with Crippen molar-refractivity contribution in [2.24, 2.45) is 5.73 Å². The van der Waals surface area contributed by atoms with E-state index in [4.69, 9.17) is 5.73 Å². The maximum absolute atomic E-state index is 10.0. The van der Waals surface area contributed by atoms with Crippen molar-refractivity contribution in [1.82, 2.24) is 4.90 Å². The summed E-state index contributed by atoms with van der Waals surface area (Å²) in [4.78, 5) is 14.0. The van der Waals surface area contributed by atoms with Gasteiger partial charge in [-0.3, -0.25) is 0 Å². The van der Waals surface area contributed by atoms with Crippen LogP contribution in [0.3, 0.4) is 0 Å². The molecule has 0 aliphatic heterocycles. The Balaban J connectivity index is 0. The van der Waals surface area contributed by atoms with Crippen LogP contribution in [0.1, 0.15) is 6.42 Å². The van der Waals surface area contributed by atoms with Crippen LogP contribution in [0.2, 0.25) is 0 Å². The smallest absolute Gasteiger partial charge is 0.404 e. The van der Waals surface area contributed by atoms with E-state index in [0.29, 0.717) is 6.61 Å². The summed E-state index contributed by atoms with van der Waals surface area (Å²) in [5.41, 5.74) is 4.73. The summed E-state index contributed by atoms with van der Waals surface area (Å²) >= 11 is 2.15. The molecule has 0 heterocycles. The molecule has 5 heteroatoms. The summed E-state index contributed by atoms with van der Waals surface area (Å²) in [6.07, 6.45) is 0.134. The molecular formula is C7H17IN2O2. The summed E-state index contributed by atoms with van der Waals surface area (Å²) in [5, 5.41) is 0. The molecule has 0 spiro atoms. The fourth-order valence-electron chi connectivity index (χ4n) is 0.554. The number of hydrogen-bond donors (Lipinski definition) is 1. The Labute approximate surface area is 87.6 Å². The molecule has 0 aliphatic carbocycles. The van der Waals surface area contributed by atoms with E-state index in [9.17, 15) is 4.79 Å². The monoisotopic (exact) mass is 288 g/mol. The molecule has 0 aromatic carbocycles. The molecule has 0 atom stereocenters. The van der Waals surface area contributed by atoms with E-state index in [1.54, 1.807) is 0 Å². The van der Waals surface area contributed by atoms with Gasteiger partial charge in [0, 0.05) is 6.54 Å². The topological polar surface area (TPSA) is 55.6 Å². The van der Waals surface area contributed by atoms with E-state index >= 15 is 0 Å². The normalized spacial score (nSPS) is 8.75. The summed E-state index contributed by atoms with van der Waals surface area (Å²) in [6.45, 7) is 1.32. The van der Waals surface area contributed by atoms with Gasteiger partial charge >= 0.3 is 6.09 Å². The Kier molecular flexibility index (Phi) is 13.2.